The number of pyridine rings is 1. The van der Waals surface area contributed by atoms with Crippen molar-refractivity contribution in [2.75, 3.05) is 5.32 Å². The average molecular weight is 253 g/mol. The monoisotopic (exact) mass is 252 g/mol. The maximum atomic E-state index is 5.88. The standard InChI is InChI=1S/C14H21ClN2/c1-9-5-4-6-10(2)14(9)17-12-7-8-13(15)16-11(12)3/h7-10,14,17H,4-6H2,1-3H3. The van der Waals surface area contributed by atoms with E-state index in [1.165, 1.54) is 19.3 Å². The molecule has 1 aliphatic rings. The van der Waals surface area contributed by atoms with Gasteiger partial charge in [-0.2, -0.15) is 0 Å². The molecule has 17 heavy (non-hydrogen) atoms. The van der Waals surface area contributed by atoms with Crippen molar-refractivity contribution < 1.29 is 0 Å². The normalized spacial score (nSPS) is 29.1. The van der Waals surface area contributed by atoms with Crippen LogP contribution in [-0.4, -0.2) is 11.0 Å². The van der Waals surface area contributed by atoms with Gasteiger partial charge in [0.25, 0.3) is 0 Å². The highest BCUT2D eigenvalue weighted by Gasteiger charge is 2.27. The van der Waals surface area contributed by atoms with Gasteiger partial charge in [0, 0.05) is 6.04 Å². The van der Waals surface area contributed by atoms with Gasteiger partial charge in [-0.25, -0.2) is 4.98 Å². The van der Waals surface area contributed by atoms with Crippen molar-refractivity contribution in [2.45, 2.75) is 46.1 Å². The maximum absolute atomic E-state index is 5.88. The highest BCUT2D eigenvalue weighted by atomic mass is 35.5. The molecule has 0 bridgehead atoms. The number of anilines is 1. The minimum atomic E-state index is 0.561. The van der Waals surface area contributed by atoms with Crippen LogP contribution in [0.5, 0.6) is 0 Å². The van der Waals surface area contributed by atoms with Crippen LogP contribution in [-0.2, 0) is 0 Å². The summed E-state index contributed by atoms with van der Waals surface area (Å²) in [5.74, 6) is 1.46. The van der Waals surface area contributed by atoms with E-state index in [4.69, 9.17) is 11.6 Å². The van der Waals surface area contributed by atoms with Crippen LogP contribution in [0.1, 0.15) is 38.8 Å². The lowest BCUT2D eigenvalue weighted by Crippen LogP contribution is -2.37. The third-order valence-corrected chi connectivity index (χ3v) is 4.13. The van der Waals surface area contributed by atoms with Gasteiger partial charge in [0.1, 0.15) is 5.15 Å². The number of hydrogen-bond donors (Lipinski definition) is 1. The Bertz CT molecular complexity index is 382. The maximum Gasteiger partial charge on any atom is 0.129 e. The molecule has 1 N–H and O–H groups in total. The quantitative estimate of drug-likeness (QED) is 0.795. The number of rotatable bonds is 2. The summed E-state index contributed by atoms with van der Waals surface area (Å²) in [6.45, 7) is 6.68. The van der Waals surface area contributed by atoms with E-state index in [2.05, 4.69) is 24.1 Å². The highest BCUT2D eigenvalue weighted by molar-refractivity contribution is 6.29. The number of nitrogens with zero attached hydrogens (tertiary/aromatic N) is 1. The Morgan fingerprint density at radius 2 is 1.88 bits per heavy atom. The largest absolute Gasteiger partial charge is 0.380 e. The first kappa shape index (κ1) is 12.7. The SMILES string of the molecule is Cc1nc(Cl)ccc1NC1C(C)CCCC1C. The van der Waals surface area contributed by atoms with Gasteiger partial charge in [0.05, 0.1) is 11.4 Å². The summed E-state index contributed by atoms with van der Waals surface area (Å²) in [7, 11) is 0. The lowest BCUT2D eigenvalue weighted by Gasteiger charge is -2.36. The molecule has 0 aliphatic heterocycles. The minimum absolute atomic E-state index is 0.561. The molecule has 94 valence electrons. The molecule has 0 spiro atoms. The first-order chi connectivity index (χ1) is 8.08. The Balaban J connectivity index is 2.13. The Labute approximate surface area is 109 Å². The Morgan fingerprint density at radius 3 is 2.47 bits per heavy atom. The molecule has 0 amide bonds. The summed E-state index contributed by atoms with van der Waals surface area (Å²) in [4.78, 5) is 4.29. The van der Waals surface area contributed by atoms with E-state index < -0.39 is 0 Å². The Morgan fingerprint density at radius 1 is 1.24 bits per heavy atom. The van der Waals surface area contributed by atoms with Gasteiger partial charge in [-0.1, -0.05) is 31.9 Å². The highest BCUT2D eigenvalue weighted by Crippen LogP contribution is 2.31. The lowest BCUT2D eigenvalue weighted by molar-refractivity contribution is 0.268. The van der Waals surface area contributed by atoms with Gasteiger partial charge in [-0.15, -0.1) is 0 Å². The molecule has 1 saturated carbocycles. The van der Waals surface area contributed by atoms with Gasteiger partial charge < -0.3 is 5.32 Å². The van der Waals surface area contributed by atoms with Gasteiger partial charge in [0.15, 0.2) is 0 Å². The molecule has 1 aliphatic carbocycles. The molecule has 1 fully saturated rings. The first-order valence-electron chi connectivity index (χ1n) is 6.47. The van der Waals surface area contributed by atoms with E-state index in [-0.39, 0.29) is 0 Å². The topological polar surface area (TPSA) is 24.9 Å². The molecule has 1 heterocycles. The van der Waals surface area contributed by atoms with Gasteiger partial charge in [-0.05, 0) is 43.7 Å². The average Bonchev–Trinajstić information content (AvgIpc) is 2.26. The van der Waals surface area contributed by atoms with Crippen molar-refractivity contribution in [2.24, 2.45) is 11.8 Å². The number of aryl methyl sites for hydroxylation is 1. The number of halogens is 1. The molecule has 2 unspecified atom stereocenters. The summed E-state index contributed by atoms with van der Waals surface area (Å²) < 4.78 is 0. The second kappa shape index (κ2) is 5.26. The molecule has 1 aromatic rings. The van der Waals surface area contributed by atoms with Crippen LogP contribution < -0.4 is 5.32 Å². The van der Waals surface area contributed by atoms with Crippen molar-refractivity contribution in [1.82, 2.24) is 4.98 Å². The summed E-state index contributed by atoms with van der Waals surface area (Å²) in [5, 5.41) is 4.22. The molecule has 2 rings (SSSR count). The second-order valence-corrected chi connectivity index (χ2v) is 5.71. The number of hydrogen-bond acceptors (Lipinski definition) is 2. The fraction of sp³-hybridized carbons (Fsp3) is 0.643. The van der Waals surface area contributed by atoms with Gasteiger partial charge in [-0.3, -0.25) is 0 Å². The van der Waals surface area contributed by atoms with E-state index in [9.17, 15) is 0 Å². The number of nitrogens with one attached hydrogen (secondary N) is 1. The smallest absolute Gasteiger partial charge is 0.129 e. The second-order valence-electron chi connectivity index (χ2n) is 5.32. The van der Waals surface area contributed by atoms with Crippen LogP contribution in [0.3, 0.4) is 0 Å². The zero-order valence-electron chi connectivity index (χ0n) is 10.8. The van der Waals surface area contributed by atoms with Crippen LogP contribution in [0.2, 0.25) is 5.15 Å². The summed E-state index contributed by atoms with van der Waals surface area (Å²) in [5.41, 5.74) is 2.11. The van der Waals surface area contributed by atoms with Crippen LogP contribution >= 0.6 is 11.6 Å². The molecular weight excluding hydrogens is 232 g/mol. The fourth-order valence-electron chi connectivity index (χ4n) is 2.83. The molecular formula is C14H21ClN2. The molecule has 1 aromatic heterocycles. The summed E-state index contributed by atoms with van der Waals surface area (Å²) in [6.07, 6.45) is 4.00. The molecule has 0 radical (unpaired) electrons. The Hall–Kier alpha value is -0.760. The predicted molar refractivity (Wildman–Crippen MR) is 73.6 cm³/mol. The summed E-state index contributed by atoms with van der Waals surface area (Å²) in [6, 6.07) is 4.46. The zero-order chi connectivity index (χ0) is 12.4. The van der Waals surface area contributed by atoms with Crippen LogP contribution in [0.25, 0.3) is 0 Å². The van der Waals surface area contributed by atoms with Crippen LogP contribution in [0, 0.1) is 18.8 Å². The molecule has 2 atom stereocenters. The van der Waals surface area contributed by atoms with Gasteiger partial charge >= 0.3 is 0 Å². The van der Waals surface area contributed by atoms with Crippen molar-refractivity contribution in [3.05, 3.63) is 23.0 Å². The van der Waals surface area contributed by atoms with Crippen LogP contribution in [0.15, 0.2) is 12.1 Å². The van der Waals surface area contributed by atoms with E-state index in [1.807, 2.05) is 19.1 Å². The van der Waals surface area contributed by atoms with Crippen molar-refractivity contribution in [3.63, 3.8) is 0 Å². The predicted octanol–water partition coefficient (Wildman–Crippen LogP) is 4.28. The third kappa shape index (κ3) is 2.92. The van der Waals surface area contributed by atoms with E-state index >= 15 is 0 Å². The summed E-state index contributed by atoms with van der Waals surface area (Å²) >= 11 is 5.88. The molecule has 0 saturated heterocycles. The van der Waals surface area contributed by atoms with Crippen molar-refractivity contribution in [1.29, 1.82) is 0 Å². The lowest BCUT2D eigenvalue weighted by atomic mass is 9.78. The third-order valence-electron chi connectivity index (χ3n) is 3.92. The molecule has 0 aromatic carbocycles. The fourth-order valence-corrected chi connectivity index (χ4v) is 3.02. The van der Waals surface area contributed by atoms with Crippen LogP contribution in [0.4, 0.5) is 5.69 Å². The van der Waals surface area contributed by atoms with Crippen molar-refractivity contribution >= 4 is 17.3 Å². The number of aromatic nitrogens is 1. The minimum Gasteiger partial charge on any atom is -0.380 e. The van der Waals surface area contributed by atoms with E-state index in [0.717, 1.165) is 23.2 Å². The van der Waals surface area contributed by atoms with E-state index in [1.54, 1.807) is 0 Å². The Kier molecular flexibility index (Phi) is 3.93. The zero-order valence-corrected chi connectivity index (χ0v) is 11.6. The van der Waals surface area contributed by atoms with Gasteiger partial charge in [0.2, 0.25) is 0 Å². The van der Waals surface area contributed by atoms with E-state index in [0.29, 0.717) is 11.2 Å². The molecule has 2 nitrogen and oxygen atoms in total. The molecule has 3 heteroatoms. The first-order valence-corrected chi connectivity index (χ1v) is 6.85. The van der Waals surface area contributed by atoms with Crippen molar-refractivity contribution in [3.8, 4) is 0 Å².